The smallest absolute Gasteiger partial charge is 0.0504 e. The molecule has 0 fully saturated rings. The second kappa shape index (κ2) is 23.8. The van der Waals surface area contributed by atoms with Crippen LogP contribution in [0.2, 0.25) is 0 Å². The van der Waals surface area contributed by atoms with Crippen LogP contribution in [-0.2, 0) is 0 Å². The molecule has 0 spiro atoms. The van der Waals surface area contributed by atoms with Crippen molar-refractivity contribution in [2.45, 2.75) is 72.1 Å². The SMILES string of the molecule is CC(C)(CO)CO.CC(CO)CO.OCCCCCCCCCCO. The molecule has 0 heterocycles. The van der Waals surface area contributed by atoms with Crippen LogP contribution in [0, 0.1) is 11.3 Å². The third kappa shape index (κ3) is 32.0. The summed E-state index contributed by atoms with van der Waals surface area (Å²) >= 11 is 0. The normalized spacial score (nSPS) is 10.8. The van der Waals surface area contributed by atoms with Crippen molar-refractivity contribution in [1.29, 1.82) is 0 Å². The summed E-state index contributed by atoms with van der Waals surface area (Å²) in [6.45, 7) is 6.30. The van der Waals surface area contributed by atoms with Gasteiger partial charge in [0, 0.05) is 37.8 Å². The summed E-state index contributed by atoms with van der Waals surface area (Å²) in [6.07, 6.45) is 9.30. The zero-order valence-corrected chi connectivity index (χ0v) is 16.7. The molecule has 0 radical (unpaired) electrons. The molecular weight excluding hydrogens is 324 g/mol. The molecule has 0 aliphatic rings. The van der Waals surface area contributed by atoms with E-state index in [1.165, 1.54) is 25.7 Å². The van der Waals surface area contributed by atoms with Gasteiger partial charge in [-0.3, -0.25) is 0 Å². The van der Waals surface area contributed by atoms with Crippen LogP contribution in [0.15, 0.2) is 0 Å². The van der Waals surface area contributed by atoms with Gasteiger partial charge in [-0.15, -0.1) is 0 Å². The zero-order valence-electron chi connectivity index (χ0n) is 16.7. The van der Waals surface area contributed by atoms with E-state index in [0.29, 0.717) is 13.2 Å². The van der Waals surface area contributed by atoms with E-state index in [1.54, 1.807) is 20.8 Å². The first-order chi connectivity index (χ1) is 11.8. The first-order valence-electron chi connectivity index (χ1n) is 9.50. The lowest BCUT2D eigenvalue weighted by Crippen LogP contribution is -2.20. The van der Waals surface area contributed by atoms with Gasteiger partial charge in [-0.1, -0.05) is 59.3 Å². The van der Waals surface area contributed by atoms with E-state index in [1.807, 2.05) is 0 Å². The largest absolute Gasteiger partial charge is 0.396 e. The lowest BCUT2D eigenvalue weighted by atomic mass is 9.97. The molecule has 0 aliphatic carbocycles. The molecule has 156 valence electrons. The second-order valence-electron chi connectivity index (χ2n) is 7.23. The van der Waals surface area contributed by atoms with Crippen LogP contribution in [-0.4, -0.2) is 70.3 Å². The molecule has 0 aromatic rings. The van der Waals surface area contributed by atoms with E-state index in [0.717, 1.165) is 25.7 Å². The van der Waals surface area contributed by atoms with Crippen LogP contribution in [0.25, 0.3) is 0 Å². The maximum Gasteiger partial charge on any atom is 0.0504 e. The molecule has 0 saturated heterocycles. The van der Waals surface area contributed by atoms with E-state index in [9.17, 15) is 0 Å². The van der Waals surface area contributed by atoms with E-state index in [2.05, 4.69) is 0 Å². The fourth-order valence-electron chi connectivity index (χ4n) is 1.39. The zero-order chi connectivity index (χ0) is 20.0. The van der Waals surface area contributed by atoms with Crippen LogP contribution in [0.5, 0.6) is 0 Å². The van der Waals surface area contributed by atoms with Crippen LogP contribution in [0.1, 0.15) is 72.1 Å². The Kier molecular flexibility index (Phi) is 28.1. The van der Waals surface area contributed by atoms with Crippen LogP contribution >= 0.6 is 0 Å². The van der Waals surface area contributed by atoms with Gasteiger partial charge in [-0.2, -0.15) is 0 Å². The summed E-state index contributed by atoms with van der Waals surface area (Å²) in [5.74, 6) is 0.0463. The maximum absolute atomic E-state index is 8.51. The molecule has 0 aromatic heterocycles. The number of aliphatic hydroxyl groups is 6. The number of unbranched alkanes of at least 4 members (excludes halogenated alkanes) is 7. The molecule has 0 bridgehead atoms. The second-order valence-corrected chi connectivity index (χ2v) is 7.23. The number of aliphatic hydroxyl groups excluding tert-OH is 6. The third-order valence-corrected chi connectivity index (χ3v) is 3.55. The lowest BCUT2D eigenvalue weighted by molar-refractivity contribution is 0.0857. The Morgan fingerprint density at radius 2 is 0.840 bits per heavy atom. The molecule has 6 N–H and O–H groups in total. The molecule has 6 nitrogen and oxygen atoms in total. The van der Waals surface area contributed by atoms with Crippen molar-refractivity contribution in [1.82, 2.24) is 0 Å². The minimum atomic E-state index is -0.306. The van der Waals surface area contributed by atoms with Gasteiger partial charge < -0.3 is 30.6 Å². The monoisotopic (exact) mass is 368 g/mol. The topological polar surface area (TPSA) is 121 Å². The maximum atomic E-state index is 8.51. The van der Waals surface area contributed by atoms with Crippen molar-refractivity contribution in [3.63, 3.8) is 0 Å². The van der Waals surface area contributed by atoms with Gasteiger partial charge >= 0.3 is 0 Å². The highest BCUT2D eigenvalue weighted by Crippen LogP contribution is 2.10. The summed E-state index contributed by atoms with van der Waals surface area (Å²) in [4.78, 5) is 0. The fourth-order valence-corrected chi connectivity index (χ4v) is 1.39. The van der Waals surface area contributed by atoms with Gasteiger partial charge in [0.05, 0.1) is 13.2 Å². The highest BCUT2D eigenvalue weighted by Gasteiger charge is 2.13. The van der Waals surface area contributed by atoms with Crippen LogP contribution in [0.3, 0.4) is 0 Å². The molecular formula is C19H44O6. The van der Waals surface area contributed by atoms with Gasteiger partial charge in [-0.25, -0.2) is 0 Å². The predicted molar refractivity (Wildman–Crippen MR) is 102 cm³/mol. The Morgan fingerprint density at radius 1 is 0.560 bits per heavy atom. The molecule has 0 aliphatic heterocycles. The fraction of sp³-hybridized carbons (Fsp3) is 1.00. The Labute approximate surface area is 154 Å². The average molecular weight is 369 g/mol. The quantitative estimate of drug-likeness (QED) is 0.275. The molecule has 0 unspecified atom stereocenters. The van der Waals surface area contributed by atoms with Crippen molar-refractivity contribution in [3.8, 4) is 0 Å². The number of hydrogen-bond donors (Lipinski definition) is 6. The molecule has 0 rings (SSSR count). The lowest BCUT2D eigenvalue weighted by Gasteiger charge is -2.16. The summed E-state index contributed by atoms with van der Waals surface area (Å²) in [5.41, 5.74) is -0.306. The van der Waals surface area contributed by atoms with E-state index < -0.39 is 0 Å². The molecule has 0 saturated carbocycles. The highest BCUT2D eigenvalue weighted by molar-refractivity contribution is 4.62. The predicted octanol–water partition coefficient (Wildman–Crippen LogP) is 1.70. The van der Waals surface area contributed by atoms with Gasteiger partial charge in [0.2, 0.25) is 0 Å². The summed E-state index contributed by atoms with van der Waals surface area (Å²) in [7, 11) is 0. The van der Waals surface area contributed by atoms with Crippen molar-refractivity contribution in [3.05, 3.63) is 0 Å². The standard InChI is InChI=1S/C10H22O2.C5H12O2.C4H10O2/c11-9-7-5-3-1-2-4-6-8-10-12;1-5(2,3-6)4-7;1-4(2-5)3-6/h11-12H,1-10H2;6-7H,3-4H2,1-2H3;4-6H,2-3H2,1H3. The van der Waals surface area contributed by atoms with E-state index in [4.69, 9.17) is 30.6 Å². The molecule has 6 heteroatoms. The molecule has 25 heavy (non-hydrogen) atoms. The third-order valence-electron chi connectivity index (χ3n) is 3.55. The van der Waals surface area contributed by atoms with Crippen molar-refractivity contribution in [2.24, 2.45) is 11.3 Å². The number of hydrogen-bond acceptors (Lipinski definition) is 6. The van der Waals surface area contributed by atoms with Crippen LogP contribution < -0.4 is 0 Å². The van der Waals surface area contributed by atoms with Crippen molar-refractivity contribution < 1.29 is 30.6 Å². The first kappa shape index (κ1) is 29.5. The summed E-state index contributed by atoms with van der Waals surface area (Å²) in [5, 5.41) is 50.2. The number of rotatable bonds is 13. The van der Waals surface area contributed by atoms with E-state index in [-0.39, 0.29) is 37.8 Å². The van der Waals surface area contributed by atoms with Crippen molar-refractivity contribution >= 4 is 0 Å². The Morgan fingerprint density at radius 3 is 0.960 bits per heavy atom. The molecule has 0 amide bonds. The summed E-state index contributed by atoms with van der Waals surface area (Å²) in [6, 6.07) is 0. The van der Waals surface area contributed by atoms with Gasteiger partial charge in [-0.05, 0) is 12.8 Å². The average Bonchev–Trinajstić information content (AvgIpc) is 2.64. The van der Waals surface area contributed by atoms with Gasteiger partial charge in [0.1, 0.15) is 0 Å². The Balaban J connectivity index is -0.000000317. The van der Waals surface area contributed by atoms with Crippen LogP contribution in [0.4, 0.5) is 0 Å². The van der Waals surface area contributed by atoms with Gasteiger partial charge in [0.15, 0.2) is 0 Å². The minimum Gasteiger partial charge on any atom is -0.396 e. The van der Waals surface area contributed by atoms with Crippen molar-refractivity contribution in [2.75, 3.05) is 39.6 Å². The molecule has 0 aromatic carbocycles. The first-order valence-corrected chi connectivity index (χ1v) is 9.50. The Hall–Kier alpha value is -0.240. The molecule has 0 atom stereocenters. The highest BCUT2D eigenvalue weighted by atomic mass is 16.3. The van der Waals surface area contributed by atoms with E-state index >= 15 is 0 Å². The summed E-state index contributed by atoms with van der Waals surface area (Å²) < 4.78 is 0. The van der Waals surface area contributed by atoms with Gasteiger partial charge in [0.25, 0.3) is 0 Å². The minimum absolute atomic E-state index is 0.0451. The Bertz CT molecular complexity index is 204.